The first-order valence-corrected chi connectivity index (χ1v) is 22.0. The standard InChI is InChI=1S/C62H42N2/c1-3-16-45(17-4-1)55-24-11-12-25-56(55)47-33-38-53(39-34-47)63(52-36-31-44(32-37-52)49-30-29-43-15-7-8-19-48(43)41-49)54-23-13-20-50(42-54)58-27-14-28-59-62(58)61-57-26-10-9-18-46(57)35-40-60(61)64(59)51-21-5-2-6-22-51/h1-42H. The molecule has 0 radical (unpaired) electrons. The third-order valence-corrected chi connectivity index (χ3v) is 12.8. The molecule has 0 unspecified atom stereocenters. The fourth-order valence-corrected chi connectivity index (χ4v) is 9.75. The van der Waals surface area contributed by atoms with E-state index in [9.17, 15) is 0 Å². The molecule has 0 N–H and O–H groups in total. The fraction of sp³-hybridized carbons (Fsp3) is 0. The summed E-state index contributed by atoms with van der Waals surface area (Å²) in [4.78, 5) is 2.39. The summed E-state index contributed by atoms with van der Waals surface area (Å²) in [6.45, 7) is 0. The van der Waals surface area contributed by atoms with Crippen LogP contribution in [-0.4, -0.2) is 4.57 Å². The van der Waals surface area contributed by atoms with E-state index in [1.165, 1.54) is 82.3 Å². The van der Waals surface area contributed by atoms with Gasteiger partial charge in [-0.05, 0) is 133 Å². The Hall–Kier alpha value is -8.46. The van der Waals surface area contributed by atoms with Crippen molar-refractivity contribution in [3.63, 3.8) is 0 Å². The van der Waals surface area contributed by atoms with Gasteiger partial charge in [0.2, 0.25) is 0 Å². The molecule has 0 spiro atoms. The van der Waals surface area contributed by atoms with Gasteiger partial charge >= 0.3 is 0 Å². The summed E-state index contributed by atoms with van der Waals surface area (Å²) in [5, 5.41) is 7.50. The molecule has 300 valence electrons. The molecular weight excluding hydrogens is 773 g/mol. The molecule has 0 aliphatic carbocycles. The lowest BCUT2D eigenvalue weighted by molar-refractivity contribution is 1.18. The van der Waals surface area contributed by atoms with E-state index >= 15 is 0 Å². The molecule has 0 saturated heterocycles. The maximum atomic E-state index is 2.42. The number of hydrogen-bond acceptors (Lipinski definition) is 1. The molecule has 0 aliphatic heterocycles. The molecule has 11 aromatic carbocycles. The highest BCUT2D eigenvalue weighted by atomic mass is 15.1. The lowest BCUT2D eigenvalue weighted by atomic mass is 9.94. The summed E-state index contributed by atoms with van der Waals surface area (Å²) in [5.74, 6) is 0. The van der Waals surface area contributed by atoms with Gasteiger partial charge in [-0.3, -0.25) is 0 Å². The van der Waals surface area contributed by atoms with E-state index in [1.54, 1.807) is 0 Å². The number of fused-ring (bicyclic) bond motifs is 6. The quantitative estimate of drug-likeness (QED) is 0.148. The molecule has 1 heterocycles. The lowest BCUT2D eigenvalue weighted by Crippen LogP contribution is -2.10. The smallest absolute Gasteiger partial charge is 0.0547 e. The zero-order valence-electron chi connectivity index (χ0n) is 35.1. The molecule has 0 atom stereocenters. The van der Waals surface area contributed by atoms with Gasteiger partial charge in [-0.25, -0.2) is 0 Å². The highest BCUT2D eigenvalue weighted by Gasteiger charge is 2.20. The van der Waals surface area contributed by atoms with E-state index in [0.717, 1.165) is 28.3 Å². The Kier molecular flexibility index (Phi) is 9.20. The Morgan fingerprint density at radius 3 is 1.55 bits per heavy atom. The maximum absolute atomic E-state index is 2.42. The first-order chi connectivity index (χ1) is 31.7. The predicted octanol–water partition coefficient (Wildman–Crippen LogP) is 17.2. The molecular formula is C62H42N2. The highest BCUT2D eigenvalue weighted by Crippen LogP contribution is 2.44. The normalized spacial score (nSPS) is 11.4. The number of anilines is 3. The van der Waals surface area contributed by atoms with Crippen molar-refractivity contribution < 1.29 is 0 Å². The van der Waals surface area contributed by atoms with Gasteiger partial charge in [-0.15, -0.1) is 0 Å². The predicted molar refractivity (Wildman–Crippen MR) is 272 cm³/mol. The van der Waals surface area contributed by atoms with Crippen molar-refractivity contribution in [1.82, 2.24) is 4.57 Å². The minimum absolute atomic E-state index is 1.08. The number of para-hydroxylation sites is 1. The molecule has 12 aromatic rings. The van der Waals surface area contributed by atoms with Crippen LogP contribution >= 0.6 is 0 Å². The van der Waals surface area contributed by atoms with E-state index in [-0.39, 0.29) is 0 Å². The molecule has 1 aromatic heterocycles. The lowest BCUT2D eigenvalue weighted by Gasteiger charge is -2.26. The third kappa shape index (κ3) is 6.52. The number of nitrogens with zero attached hydrogens (tertiary/aromatic N) is 2. The third-order valence-electron chi connectivity index (χ3n) is 12.8. The van der Waals surface area contributed by atoms with Crippen molar-refractivity contribution in [3.05, 3.63) is 255 Å². The Balaban J connectivity index is 1.02. The minimum atomic E-state index is 1.08. The Morgan fingerprint density at radius 1 is 0.266 bits per heavy atom. The van der Waals surface area contributed by atoms with E-state index in [4.69, 9.17) is 0 Å². The summed E-state index contributed by atoms with van der Waals surface area (Å²) in [6, 6.07) is 92.6. The Bertz CT molecular complexity index is 3640. The molecule has 64 heavy (non-hydrogen) atoms. The van der Waals surface area contributed by atoms with Gasteiger partial charge in [0.05, 0.1) is 11.0 Å². The molecule has 2 heteroatoms. The van der Waals surface area contributed by atoms with Crippen LogP contribution < -0.4 is 4.90 Å². The molecule has 2 nitrogen and oxygen atoms in total. The van der Waals surface area contributed by atoms with E-state index in [2.05, 4.69) is 264 Å². The van der Waals surface area contributed by atoms with E-state index < -0.39 is 0 Å². The number of rotatable bonds is 8. The second kappa shape index (κ2) is 15.8. The summed E-state index contributed by atoms with van der Waals surface area (Å²) in [5.41, 5.74) is 16.4. The monoisotopic (exact) mass is 814 g/mol. The Morgan fingerprint density at radius 2 is 0.797 bits per heavy atom. The number of benzene rings is 11. The van der Waals surface area contributed by atoms with Crippen LogP contribution in [0.1, 0.15) is 0 Å². The van der Waals surface area contributed by atoms with Crippen LogP contribution in [0.15, 0.2) is 255 Å². The molecule has 0 aliphatic rings. The van der Waals surface area contributed by atoms with E-state index in [0.29, 0.717) is 0 Å². The first-order valence-electron chi connectivity index (χ1n) is 22.0. The van der Waals surface area contributed by atoms with Crippen molar-refractivity contribution in [3.8, 4) is 50.2 Å². The van der Waals surface area contributed by atoms with Crippen LogP contribution in [0.3, 0.4) is 0 Å². The van der Waals surface area contributed by atoms with Crippen molar-refractivity contribution in [1.29, 1.82) is 0 Å². The fourth-order valence-electron chi connectivity index (χ4n) is 9.75. The molecule has 0 amide bonds. The summed E-state index contributed by atoms with van der Waals surface area (Å²) in [6.07, 6.45) is 0. The zero-order chi connectivity index (χ0) is 42.4. The second-order valence-electron chi connectivity index (χ2n) is 16.5. The van der Waals surface area contributed by atoms with Crippen LogP contribution in [0, 0.1) is 0 Å². The molecule has 0 fully saturated rings. The largest absolute Gasteiger partial charge is 0.310 e. The van der Waals surface area contributed by atoms with Gasteiger partial charge in [0.1, 0.15) is 0 Å². The second-order valence-corrected chi connectivity index (χ2v) is 16.5. The van der Waals surface area contributed by atoms with Crippen LogP contribution in [-0.2, 0) is 0 Å². The average Bonchev–Trinajstić information content (AvgIpc) is 3.73. The first kappa shape index (κ1) is 37.3. The molecule has 12 rings (SSSR count). The van der Waals surface area contributed by atoms with Gasteiger partial charge in [-0.1, -0.05) is 188 Å². The van der Waals surface area contributed by atoms with Gasteiger partial charge in [0, 0.05) is 33.5 Å². The maximum Gasteiger partial charge on any atom is 0.0547 e. The minimum Gasteiger partial charge on any atom is -0.310 e. The number of hydrogen-bond donors (Lipinski definition) is 0. The van der Waals surface area contributed by atoms with E-state index in [1.807, 2.05) is 0 Å². The van der Waals surface area contributed by atoms with Gasteiger partial charge < -0.3 is 9.47 Å². The van der Waals surface area contributed by atoms with Crippen LogP contribution in [0.2, 0.25) is 0 Å². The van der Waals surface area contributed by atoms with Crippen molar-refractivity contribution >= 4 is 60.4 Å². The topological polar surface area (TPSA) is 8.17 Å². The van der Waals surface area contributed by atoms with Crippen LogP contribution in [0.25, 0.3) is 93.5 Å². The highest BCUT2D eigenvalue weighted by molar-refractivity contribution is 6.25. The van der Waals surface area contributed by atoms with Crippen molar-refractivity contribution in [2.24, 2.45) is 0 Å². The van der Waals surface area contributed by atoms with Gasteiger partial charge in [-0.2, -0.15) is 0 Å². The van der Waals surface area contributed by atoms with Gasteiger partial charge in [0.25, 0.3) is 0 Å². The van der Waals surface area contributed by atoms with Crippen molar-refractivity contribution in [2.45, 2.75) is 0 Å². The SMILES string of the molecule is c1ccc(-c2ccccc2-c2ccc(N(c3ccc(-c4ccc5ccccc5c4)cc3)c3cccc(-c4cccc5c4c4c6ccccc6ccc4n5-c4ccccc4)c3)cc2)cc1. The summed E-state index contributed by atoms with van der Waals surface area (Å²) >= 11 is 0. The van der Waals surface area contributed by atoms with Crippen molar-refractivity contribution in [2.75, 3.05) is 4.90 Å². The zero-order valence-corrected chi connectivity index (χ0v) is 35.1. The Labute approximate surface area is 373 Å². The number of aromatic nitrogens is 1. The van der Waals surface area contributed by atoms with Crippen LogP contribution in [0.5, 0.6) is 0 Å². The molecule has 0 bridgehead atoms. The molecule has 0 saturated carbocycles. The average molecular weight is 815 g/mol. The summed E-state index contributed by atoms with van der Waals surface area (Å²) < 4.78 is 2.42. The van der Waals surface area contributed by atoms with Crippen LogP contribution in [0.4, 0.5) is 17.1 Å². The summed E-state index contributed by atoms with van der Waals surface area (Å²) in [7, 11) is 0. The van der Waals surface area contributed by atoms with Gasteiger partial charge in [0.15, 0.2) is 0 Å².